The molecule has 8 heteroatoms. The zero-order chi connectivity index (χ0) is 24.4. The van der Waals surface area contributed by atoms with Gasteiger partial charge in [-0.15, -0.1) is 0 Å². The molecule has 0 saturated carbocycles. The molecule has 0 radical (unpaired) electrons. The maximum atomic E-state index is 13.2. The molecule has 1 saturated heterocycles. The van der Waals surface area contributed by atoms with Crippen LogP contribution in [0.15, 0.2) is 59.3 Å². The molecule has 182 valence electrons. The van der Waals surface area contributed by atoms with Crippen LogP contribution in [0.3, 0.4) is 0 Å². The van der Waals surface area contributed by atoms with Gasteiger partial charge in [0, 0.05) is 61.0 Å². The van der Waals surface area contributed by atoms with Crippen LogP contribution in [-0.4, -0.2) is 52.1 Å². The van der Waals surface area contributed by atoms with Crippen molar-refractivity contribution in [3.05, 3.63) is 82.3 Å². The van der Waals surface area contributed by atoms with Gasteiger partial charge in [-0.25, -0.2) is 0 Å². The number of rotatable bonds is 7. The van der Waals surface area contributed by atoms with Gasteiger partial charge in [-0.2, -0.15) is 0 Å². The second-order valence-electron chi connectivity index (χ2n) is 9.23. The van der Waals surface area contributed by atoms with Crippen LogP contribution in [0, 0.1) is 6.92 Å². The van der Waals surface area contributed by atoms with Crippen molar-refractivity contribution < 1.29 is 14.1 Å². The molecule has 0 spiro atoms. The molecule has 0 unspecified atom stereocenters. The summed E-state index contributed by atoms with van der Waals surface area (Å²) in [6.45, 7) is 4.80. The number of aromatic nitrogens is 2. The molecule has 1 amide bonds. The van der Waals surface area contributed by atoms with Gasteiger partial charge in [0.05, 0.1) is 5.69 Å². The molecule has 1 fully saturated rings. The summed E-state index contributed by atoms with van der Waals surface area (Å²) in [5.74, 6) is 0.899. The highest BCUT2D eigenvalue weighted by Gasteiger charge is 2.27. The van der Waals surface area contributed by atoms with Gasteiger partial charge in [-0.3, -0.25) is 9.69 Å². The Kier molecular flexibility index (Phi) is 6.79. The maximum absolute atomic E-state index is 13.2. The summed E-state index contributed by atoms with van der Waals surface area (Å²) in [6.07, 6.45) is 3.28. The summed E-state index contributed by atoms with van der Waals surface area (Å²) < 4.78 is 11.2. The van der Waals surface area contributed by atoms with Crippen molar-refractivity contribution in [3.63, 3.8) is 0 Å². The molecule has 5 rings (SSSR count). The Morgan fingerprint density at radius 2 is 2.03 bits per heavy atom. The first-order chi connectivity index (χ1) is 17.0. The third-order valence-electron chi connectivity index (χ3n) is 6.54. The van der Waals surface area contributed by atoms with Gasteiger partial charge in [-0.1, -0.05) is 28.9 Å². The van der Waals surface area contributed by atoms with Crippen LogP contribution in [0.5, 0.6) is 5.75 Å². The number of H-pyrrole nitrogens is 1. The minimum absolute atomic E-state index is 0.0328. The van der Waals surface area contributed by atoms with Gasteiger partial charge in [0.2, 0.25) is 0 Å². The predicted octanol–water partition coefficient (Wildman–Crippen LogP) is 5.43. The number of ether oxygens (including phenoxy) is 1. The summed E-state index contributed by atoms with van der Waals surface area (Å²) in [4.78, 5) is 20.6. The van der Waals surface area contributed by atoms with Crippen LogP contribution < -0.4 is 4.74 Å². The summed E-state index contributed by atoms with van der Waals surface area (Å²) >= 11 is 6.14. The van der Waals surface area contributed by atoms with Crippen molar-refractivity contribution in [1.29, 1.82) is 0 Å². The molecule has 1 aliphatic rings. The van der Waals surface area contributed by atoms with Crippen molar-refractivity contribution in [3.8, 4) is 5.75 Å². The highest BCUT2D eigenvalue weighted by Crippen LogP contribution is 2.27. The molecule has 4 aromatic rings. The average molecular weight is 493 g/mol. The van der Waals surface area contributed by atoms with Gasteiger partial charge >= 0.3 is 0 Å². The topological polar surface area (TPSA) is 74.6 Å². The Morgan fingerprint density at radius 1 is 1.20 bits per heavy atom. The number of nitrogens with zero attached hydrogens (tertiary/aromatic N) is 3. The molecular formula is C27H29ClN4O3. The van der Waals surface area contributed by atoms with Crippen LogP contribution in [0.1, 0.15) is 40.2 Å². The quantitative estimate of drug-likeness (QED) is 0.372. The van der Waals surface area contributed by atoms with E-state index >= 15 is 0 Å². The van der Waals surface area contributed by atoms with Crippen molar-refractivity contribution in [2.24, 2.45) is 0 Å². The summed E-state index contributed by atoms with van der Waals surface area (Å²) in [6, 6.07) is 15.7. The lowest BCUT2D eigenvalue weighted by Gasteiger charge is -2.32. The minimum atomic E-state index is 0.0328. The standard InChI is InChI=1S/C27H29ClN4O3/c1-18-24-15-20(28)6-7-25(24)29-26(18)27(33)32-11-8-22(9-12-32)35-23-5-3-4-19(14-23)16-31(2)17-21-10-13-34-30-21/h3-7,10,13-15,22,29H,8-9,11-12,16-17H2,1-2H3. The largest absolute Gasteiger partial charge is 0.490 e. The van der Waals surface area contributed by atoms with E-state index in [1.54, 1.807) is 6.26 Å². The molecular weight excluding hydrogens is 464 g/mol. The number of halogens is 1. The van der Waals surface area contributed by atoms with Gasteiger partial charge < -0.3 is 19.1 Å². The molecule has 1 N–H and O–H groups in total. The summed E-state index contributed by atoms with van der Waals surface area (Å²) in [5.41, 5.74) is 4.60. The third kappa shape index (κ3) is 5.36. The van der Waals surface area contributed by atoms with E-state index in [4.69, 9.17) is 20.9 Å². The Morgan fingerprint density at radius 3 is 2.80 bits per heavy atom. The second-order valence-corrected chi connectivity index (χ2v) is 9.67. The first-order valence-electron chi connectivity index (χ1n) is 11.9. The van der Waals surface area contributed by atoms with Crippen LogP contribution in [0.25, 0.3) is 10.9 Å². The fourth-order valence-corrected chi connectivity index (χ4v) is 4.89. The van der Waals surface area contributed by atoms with Crippen molar-refractivity contribution in [2.45, 2.75) is 39.0 Å². The fourth-order valence-electron chi connectivity index (χ4n) is 4.72. The zero-order valence-corrected chi connectivity index (χ0v) is 20.7. The zero-order valence-electron chi connectivity index (χ0n) is 20.0. The Bertz CT molecular complexity index is 1310. The molecule has 2 aromatic heterocycles. The smallest absolute Gasteiger partial charge is 0.270 e. The van der Waals surface area contributed by atoms with Gasteiger partial charge in [0.1, 0.15) is 23.8 Å². The molecule has 35 heavy (non-hydrogen) atoms. The maximum Gasteiger partial charge on any atom is 0.270 e. The Balaban J connectivity index is 1.16. The molecule has 1 aliphatic heterocycles. The average Bonchev–Trinajstić information content (AvgIpc) is 3.47. The number of piperidine rings is 1. The van der Waals surface area contributed by atoms with Crippen molar-refractivity contribution in [2.75, 3.05) is 20.1 Å². The monoisotopic (exact) mass is 492 g/mol. The van der Waals surface area contributed by atoms with E-state index in [1.807, 2.05) is 48.2 Å². The molecule has 2 aromatic carbocycles. The number of nitrogens with one attached hydrogen (secondary N) is 1. The number of aryl methyl sites for hydroxylation is 1. The van der Waals surface area contributed by atoms with Crippen molar-refractivity contribution >= 4 is 28.4 Å². The van der Waals surface area contributed by atoms with Gasteiger partial charge in [0.15, 0.2) is 0 Å². The van der Waals surface area contributed by atoms with Crippen LogP contribution in [0.4, 0.5) is 0 Å². The minimum Gasteiger partial charge on any atom is -0.490 e. The lowest BCUT2D eigenvalue weighted by atomic mass is 10.1. The number of likely N-dealkylation sites (tertiary alicyclic amines) is 1. The number of carbonyl (C=O) groups is 1. The van der Waals surface area contributed by atoms with E-state index in [0.717, 1.165) is 53.8 Å². The lowest BCUT2D eigenvalue weighted by molar-refractivity contribution is 0.0590. The van der Waals surface area contributed by atoms with E-state index in [0.29, 0.717) is 23.8 Å². The van der Waals surface area contributed by atoms with E-state index < -0.39 is 0 Å². The van der Waals surface area contributed by atoms with Crippen molar-refractivity contribution in [1.82, 2.24) is 19.9 Å². The highest BCUT2D eigenvalue weighted by atomic mass is 35.5. The number of carbonyl (C=O) groups excluding carboxylic acids is 1. The van der Waals surface area contributed by atoms with E-state index in [2.05, 4.69) is 34.2 Å². The van der Waals surface area contributed by atoms with Gasteiger partial charge in [-0.05, 0) is 55.4 Å². The third-order valence-corrected chi connectivity index (χ3v) is 6.78. The number of hydrogen-bond donors (Lipinski definition) is 1. The van der Waals surface area contributed by atoms with Crippen LogP contribution in [0.2, 0.25) is 5.02 Å². The van der Waals surface area contributed by atoms with E-state index in [1.165, 1.54) is 5.56 Å². The number of benzene rings is 2. The van der Waals surface area contributed by atoms with Gasteiger partial charge in [0.25, 0.3) is 5.91 Å². The highest BCUT2D eigenvalue weighted by molar-refractivity contribution is 6.31. The first kappa shape index (κ1) is 23.5. The predicted molar refractivity (Wildman–Crippen MR) is 136 cm³/mol. The number of aromatic amines is 1. The molecule has 0 bridgehead atoms. The second kappa shape index (κ2) is 10.1. The molecule has 0 atom stereocenters. The Labute approximate surface area is 209 Å². The Hall–Kier alpha value is -3.29. The SMILES string of the molecule is Cc1c(C(=O)N2CCC(Oc3cccc(CN(C)Cc4ccon4)c3)CC2)[nH]c2ccc(Cl)cc12. The number of fused-ring (bicyclic) bond motifs is 1. The summed E-state index contributed by atoms with van der Waals surface area (Å²) in [5, 5.41) is 5.63. The fraction of sp³-hybridized carbons (Fsp3) is 0.333. The number of amides is 1. The van der Waals surface area contributed by atoms with Crippen LogP contribution in [-0.2, 0) is 13.1 Å². The number of hydrogen-bond acceptors (Lipinski definition) is 5. The normalized spacial score (nSPS) is 14.7. The van der Waals surface area contributed by atoms with Crippen LogP contribution >= 0.6 is 11.6 Å². The lowest BCUT2D eigenvalue weighted by Crippen LogP contribution is -2.42. The summed E-state index contributed by atoms with van der Waals surface area (Å²) in [7, 11) is 2.05. The molecule has 0 aliphatic carbocycles. The molecule has 3 heterocycles. The van der Waals surface area contributed by atoms with E-state index in [9.17, 15) is 4.79 Å². The molecule has 7 nitrogen and oxygen atoms in total. The first-order valence-corrected chi connectivity index (χ1v) is 12.2. The van der Waals surface area contributed by atoms with E-state index in [-0.39, 0.29) is 12.0 Å².